The number of hydrogen-bond donors (Lipinski definition) is 2. The summed E-state index contributed by atoms with van der Waals surface area (Å²) in [6.45, 7) is 1.94. The van der Waals surface area contributed by atoms with Crippen molar-refractivity contribution < 1.29 is 9.47 Å². The van der Waals surface area contributed by atoms with Gasteiger partial charge >= 0.3 is 0 Å². The lowest BCUT2D eigenvalue weighted by Crippen LogP contribution is -2.12. The Kier molecular flexibility index (Phi) is 3.71. The van der Waals surface area contributed by atoms with E-state index in [1.54, 1.807) is 13.2 Å². The Morgan fingerprint density at radius 2 is 1.74 bits per heavy atom. The molecule has 0 saturated carbocycles. The van der Waals surface area contributed by atoms with Crippen LogP contribution in [0.1, 0.15) is 11.1 Å². The number of benzene rings is 2. The molecule has 0 aliphatic heterocycles. The van der Waals surface area contributed by atoms with Gasteiger partial charge in [-0.25, -0.2) is 0 Å². The molecule has 0 saturated heterocycles. The molecule has 19 heavy (non-hydrogen) atoms. The third-order valence-corrected chi connectivity index (χ3v) is 2.71. The highest BCUT2D eigenvalue weighted by atomic mass is 16.5. The van der Waals surface area contributed by atoms with Crippen molar-refractivity contribution in [2.24, 2.45) is 5.73 Å². The van der Waals surface area contributed by atoms with Crippen LogP contribution in [-0.4, -0.2) is 12.9 Å². The van der Waals surface area contributed by atoms with Crippen molar-refractivity contribution in [3.05, 3.63) is 53.6 Å². The van der Waals surface area contributed by atoms with Crippen LogP contribution in [0.3, 0.4) is 0 Å². The zero-order valence-electron chi connectivity index (χ0n) is 10.9. The normalized spacial score (nSPS) is 10.0. The average molecular weight is 256 g/mol. The molecule has 0 bridgehead atoms. The number of amidine groups is 1. The Hall–Kier alpha value is -2.49. The van der Waals surface area contributed by atoms with Crippen molar-refractivity contribution in [2.45, 2.75) is 6.92 Å². The van der Waals surface area contributed by atoms with E-state index in [9.17, 15) is 0 Å². The Morgan fingerprint density at radius 3 is 2.37 bits per heavy atom. The number of hydrogen-bond acceptors (Lipinski definition) is 3. The molecule has 0 aliphatic rings. The van der Waals surface area contributed by atoms with Crippen LogP contribution in [0.15, 0.2) is 42.5 Å². The molecule has 4 nitrogen and oxygen atoms in total. The van der Waals surface area contributed by atoms with Gasteiger partial charge in [-0.3, -0.25) is 5.41 Å². The van der Waals surface area contributed by atoms with Crippen LogP contribution in [0.25, 0.3) is 0 Å². The van der Waals surface area contributed by atoms with E-state index in [1.165, 1.54) is 0 Å². The maximum atomic E-state index is 7.60. The molecule has 0 radical (unpaired) electrons. The molecule has 0 atom stereocenters. The predicted molar refractivity (Wildman–Crippen MR) is 75.3 cm³/mol. The molecule has 98 valence electrons. The molecule has 0 spiro atoms. The monoisotopic (exact) mass is 256 g/mol. The smallest absolute Gasteiger partial charge is 0.169 e. The summed E-state index contributed by atoms with van der Waals surface area (Å²) < 4.78 is 11.0. The van der Waals surface area contributed by atoms with Crippen molar-refractivity contribution in [2.75, 3.05) is 7.11 Å². The molecule has 0 heterocycles. The first-order valence-electron chi connectivity index (χ1n) is 5.87. The molecule has 0 unspecified atom stereocenters. The second-order valence-corrected chi connectivity index (χ2v) is 4.17. The summed E-state index contributed by atoms with van der Waals surface area (Å²) in [5.41, 5.74) is 7.18. The number of para-hydroxylation sites is 2. The van der Waals surface area contributed by atoms with E-state index in [0.717, 1.165) is 5.56 Å². The van der Waals surface area contributed by atoms with Crippen LogP contribution in [0, 0.1) is 12.3 Å². The maximum Gasteiger partial charge on any atom is 0.169 e. The number of aryl methyl sites for hydroxylation is 1. The Labute approximate surface area is 112 Å². The largest absolute Gasteiger partial charge is 0.493 e. The molecule has 0 aliphatic carbocycles. The molecule has 2 aromatic rings. The summed E-state index contributed by atoms with van der Waals surface area (Å²) in [5, 5.41) is 7.60. The fourth-order valence-corrected chi connectivity index (χ4v) is 1.76. The third kappa shape index (κ3) is 2.85. The molecule has 2 aromatic carbocycles. The second-order valence-electron chi connectivity index (χ2n) is 4.17. The van der Waals surface area contributed by atoms with E-state index in [4.69, 9.17) is 20.6 Å². The lowest BCUT2D eigenvalue weighted by atomic mass is 10.1. The topological polar surface area (TPSA) is 68.3 Å². The minimum absolute atomic E-state index is 0.0198. The van der Waals surface area contributed by atoms with Crippen LogP contribution in [0.4, 0.5) is 0 Å². The van der Waals surface area contributed by atoms with Crippen molar-refractivity contribution >= 4 is 5.84 Å². The highest BCUT2D eigenvalue weighted by Crippen LogP contribution is 2.32. The van der Waals surface area contributed by atoms with Gasteiger partial charge in [0.2, 0.25) is 0 Å². The summed E-state index contributed by atoms with van der Waals surface area (Å²) >= 11 is 0. The minimum atomic E-state index is -0.0198. The molecule has 0 fully saturated rings. The first-order valence-corrected chi connectivity index (χ1v) is 5.87. The van der Waals surface area contributed by atoms with Gasteiger partial charge in [0.15, 0.2) is 11.5 Å². The van der Waals surface area contributed by atoms with Crippen LogP contribution >= 0.6 is 0 Å². The third-order valence-electron chi connectivity index (χ3n) is 2.71. The second kappa shape index (κ2) is 5.44. The van der Waals surface area contributed by atoms with E-state index >= 15 is 0 Å². The van der Waals surface area contributed by atoms with Gasteiger partial charge in [-0.05, 0) is 31.2 Å². The fourth-order valence-electron chi connectivity index (χ4n) is 1.76. The van der Waals surface area contributed by atoms with Gasteiger partial charge in [0, 0.05) is 0 Å². The zero-order chi connectivity index (χ0) is 13.8. The molecule has 0 aromatic heterocycles. The lowest BCUT2D eigenvalue weighted by molar-refractivity contribution is 0.378. The van der Waals surface area contributed by atoms with Crippen molar-refractivity contribution in [3.63, 3.8) is 0 Å². The summed E-state index contributed by atoms with van der Waals surface area (Å²) in [5.74, 6) is 1.75. The Balaban J connectivity index is 2.41. The van der Waals surface area contributed by atoms with E-state index in [1.807, 2.05) is 43.3 Å². The SMILES string of the molecule is COc1ccccc1Oc1ccc(C)cc1C(=N)N. The van der Waals surface area contributed by atoms with E-state index in [-0.39, 0.29) is 5.84 Å². The lowest BCUT2D eigenvalue weighted by Gasteiger charge is -2.13. The van der Waals surface area contributed by atoms with E-state index < -0.39 is 0 Å². The Morgan fingerprint density at radius 1 is 1.05 bits per heavy atom. The van der Waals surface area contributed by atoms with Crippen LogP contribution in [0.5, 0.6) is 17.2 Å². The number of nitrogens with two attached hydrogens (primary N) is 1. The molecular weight excluding hydrogens is 240 g/mol. The first kappa shape index (κ1) is 13.0. The molecule has 0 amide bonds. The summed E-state index contributed by atoms with van der Waals surface area (Å²) in [7, 11) is 1.59. The zero-order valence-corrected chi connectivity index (χ0v) is 10.9. The highest BCUT2D eigenvalue weighted by Gasteiger charge is 2.10. The standard InChI is InChI=1S/C15H16N2O2/c1-10-7-8-12(11(9-10)15(16)17)19-14-6-4-3-5-13(14)18-2/h3-9H,1-2H3,(H3,16,17). The molecule has 2 rings (SSSR count). The average Bonchev–Trinajstić information content (AvgIpc) is 2.41. The van der Waals surface area contributed by atoms with Crippen LogP contribution < -0.4 is 15.2 Å². The van der Waals surface area contributed by atoms with E-state index in [0.29, 0.717) is 22.8 Å². The minimum Gasteiger partial charge on any atom is -0.493 e. The van der Waals surface area contributed by atoms with Gasteiger partial charge in [0.1, 0.15) is 11.6 Å². The Bertz CT molecular complexity index is 609. The van der Waals surface area contributed by atoms with Crippen LogP contribution in [0.2, 0.25) is 0 Å². The van der Waals surface area contributed by atoms with Gasteiger partial charge in [-0.1, -0.05) is 23.8 Å². The number of nitrogens with one attached hydrogen (secondary N) is 1. The quantitative estimate of drug-likeness (QED) is 0.652. The number of methoxy groups -OCH3 is 1. The van der Waals surface area contributed by atoms with Crippen LogP contribution in [-0.2, 0) is 0 Å². The fraction of sp³-hybridized carbons (Fsp3) is 0.133. The summed E-state index contributed by atoms with van der Waals surface area (Å²) in [4.78, 5) is 0. The number of rotatable bonds is 4. The van der Waals surface area contributed by atoms with Crippen molar-refractivity contribution in [1.82, 2.24) is 0 Å². The first-order chi connectivity index (χ1) is 9.11. The van der Waals surface area contributed by atoms with Crippen molar-refractivity contribution in [3.8, 4) is 17.2 Å². The van der Waals surface area contributed by atoms with Gasteiger partial charge in [0.05, 0.1) is 12.7 Å². The molecule has 4 heteroatoms. The van der Waals surface area contributed by atoms with Gasteiger partial charge in [0.25, 0.3) is 0 Å². The van der Waals surface area contributed by atoms with Crippen molar-refractivity contribution in [1.29, 1.82) is 5.41 Å². The molecular formula is C15H16N2O2. The number of nitrogen functional groups attached to an aromatic ring is 1. The molecule has 3 N–H and O–H groups in total. The van der Waals surface area contributed by atoms with Gasteiger partial charge in [-0.15, -0.1) is 0 Å². The predicted octanol–water partition coefficient (Wildman–Crippen LogP) is 3.08. The van der Waals surface area contributed by atoms with E-state index in [2.05, 4.69) is 0 Å². The summed E-state index contributed by atoms with van der Waals surface area (Å²) in [6.07, 6.45) is 0. The summed E-state index contributed by atoms with van der Waals surface area (Å²) in [6, 6.07) is 12.9. The number of ether oxygens (including phenoxy) is 2. The highest BCUT2D eigenvalue weighted by molar-refractivity contribution is 5.97. The maximum absolute atomic E-state index is 7.60. The van der Waals surface area contributed by atoms with Gasteiger partial charge in [-0.2, -0.15) is 0 Å². The van der Waals surface area contributed by atoms with Gasteiger partial charge < -0.3 is 15.2 Å².